The number of nitrogens with zero attached hydrogens (tertiary/aromatic N) is 2. The molecule has 37 heavy (non-hydrogen) atoms. The molecule has 2 aromatic rings. The molecule has 1 unspecified atom stereocenters. The molecule has 0 bridgehead atoms. The third-order valence-electron chi connectivity index (χ3n) is 6.26. The average Bonchev–Trinajstić information content (AvgIpc) is 2.87. The van der Waals surface area contributed by atoms with Crippen LogP contribution in [0.25, 0.3) is 0 Å². The summed E-state index contributed by atoms with van der Waals surface area (Å²) in [6, 6.07) is 10.7. The normalized spacial score (nSPS) is 15.7. The second-order valence-electron chi connectivity index (χ2n) is 10.5. The van der Waals surface area contributed by atoms with Gasteiger partial charge in [-0.1, -0.05) is 30.3 Å². The van der Waals surface area contributed by atoms with E-state index in [1.165, 1.54) is 23.9 Å². The Hall–Kier alpha value is -3.62. The van der Waals surface area contributed by atoms with Gasteiger partial charge in [-0.25, -0.2) is 4.79 Å². The van der Waals surface area contributed by atoms with Gasteiger partial charge in [0.1, 0.15) is 11.2 Å². The molecule has 0 spiro atoms. The van der Waals surface area contributed by atoms with E-state index in [0.717, 1.165) is 31.2 Å². The van der Waals surface area contributed by atoms with Crippen LogP contribution in [-0.2, 0) is 11.3 Å². The van der Waals surface area contributed by atoms with Gasteiger partial charge in [-0.05, 0) is 64.0 Å². The Labute approximate surface area is 218 Å². The third-order valence-corrected chi connectivity index (χ3v) is 6.26. The van der Waals surface area contributed by atoms with Crippen LogP contribution >= 0.6 is 0 Å². The van der Waals surface area contributed by atoms with Gasteiger partial charge in [0.05, 0.1) is 12.1 Å². The van der Waals surface area contributed by atoms with E-state index in [1.807, 2.05) is 51.1 Å². The summed E-state index contributed by atoms with van der Waals surface area (Å²) in [7, 11) is 1.45. The highest BCUT2D eigenvalue weighted by Gasteiger charge is 2.27. The minimum absolute atomic E-state index is 0.0736. The maximum atomic E-state index is 12.9. The van der Waals surface area contributed by atoms with Gasteiger partial charge in [0.25, 0.3) is 17.4 Å². The summed E-state index contributed by atoms with van der Waals surface area (Å²) in [5.74, 6) is -0.523. The molecule has 0 radical (unpaired) electrons. The first-order chi connectivity index (χ1) is 17.6. The SMILES string of the molecule is CNC(=O)c1cc(C(=O)NCCCC2CCCN(C(=O)OC(C)(C)C)C2)cn(Cc2ccccc2)c1=O. The number of carbonyl (C=O) groups is 3. The van der Waals surface area contributed by atoms with Gasteiger partial charge in [-0.2, -0.15) is 0 Å². The van der Waals surface area contributed by atoms with E-state index in [0.29, 0.717) is 25.6 Å². The van der Waals surface area contributed by atoms with Crippen LogP contribution in [0.5, 0.6) is 0 Å². The van der Waals surface area contributed by atoms with Crippen molar-refractivity contribution < 1.29 is 19.1 Å². The van der Waals surface area contributed by atoms with Crippen LogP contribution in [0.3, 0.4) is 0 Å². The first-order valence-electron chi connectivity index (χ1n) is 12.8. The summed E-state index contributed by atoms with van der Waals surface area (Å²) < 4.78 is 6.89. The van der Waals surface area contributed by atoms with E-state index in [1.54, 1.807) is 4.90 Å². The lowest BCUT2D eigenvalue weighted by molar-refractivity contribution is 0.0161. The number of hydrogen-bond acceptors (Lipinski definition) is 5. The van der Waals surface area contributed by atoms with Crippen LogP contribution in [0, 0.1) is 5.92 Å². The van der Waals surface area contributed by atoms with E-state index < -0.39 is 17.1 Å². The second kappa shape index (κ2) is 12.6. The topological polar surface area (TPSA) is 110 Å². The van der Waals surface area contributed by atoms with Crippen LogP contribution in [0.1, 0.15) is 72.7 Å². The zero-order chi connectivity index (χ0) is 27.0. The van der Waals surface area contributed by atoms with Crippen molar-refractivity contribution in [3.05, 3.63) is 69.6 Å². The van der Waals surface area contributed by atoms with Crippen molar-refractivity contribution in [3.63, 3.8) is 0 Å². The van der Waals surface area contributed by atoms with Crippen molar-refractivity contribution in [1.82, 2.24) is 20.1 Å². The summed E-state index contributed by atoms with van der Waals surface area (Å²) in [6.45, 7) is 7.65. The van der Waals surface area contributed by atoms with Crippen LogP contribution in [-0.4, -0.2) is 59.7 Å². The Morgan fingerprint density at radius 1 is 1.11 bits per heavy atom. The van der Waals surface area contributed by atoms with Crippen molar-refractivity contribution in [3.8, 4) is 0 Å². The molecule has 1 aromatic heterocycles. The first-order valence-corrected chi connectivity index (χ1v) is 12.8. The van der Waals surface area contributed by atoms with Crippen molar-refractivity contribution >= 4 is 17.9 Å². The molecule has 2 heterocycles. The van der Waals surface area contributed by atoms with E-state index in [2.05, 4.69) is 10.6 Å². The van der Waals surface area contributed by atoms with Gasteiger partial charge >= 0.3 is 6.09 Å². The molecule has 1 aromatic carbocycles. The summed E-state index contributed by atoms with van der Waals surface area (Å²) in [6.07, 6.45) is 4.82. The number of ether oxygens (including phenoxy) is 1. The molecule has 2 N–H and O–H groups in total. The second-order valence-corrected chi connectivity index (χ2v) is 10.5. The lowest BCUT2D eigenvalue weighted by atomic mass is 9.93. The molecule has 9 nitrogen and oxygen atoms in total. The van der Waals surface area contributed by atoms with Crippen LogP contribution < -0.4 is 16.2 Å². The number of piperidine rings is 1. The van der Waals surface area contributed by atoms with E-state index >= 15 is 0 Å². The highest BCUT2D eigenvalue weighted by Crippen LogP contribution is 2.22. The quantitative estimate of drug-likeness (QED) is 0.529. The molecule has 0 aliphatic carbocycles. The van der Waals surface area contributed by atoms with Gasteiger partial charge < -0.3 is 24.8 Å². The largest absolute Gasteiger partial charge is 0.444 e. The summed E-state index contributed by atoms with van der Waals surface area (Å²) in [4.78, 5) is 52.3. The molecule has 1 aliphatic rings. The van der Waals surface area contributed by atoms with Crippen molar-refractivity contribution in [2.75, 3.05) is 26.7 Å². The Kier molecular flexibility index (Phi) is 9.49. The van der Waals surface area contributed by atoms with Gasteiger partial charge in [0.2, 0.25) is 0 Å². The van der Waals surface area contributed by atoms with Crippen molar-refractivity contribution in [2.24, 2.45) is 5.92 Å². The Morgan fingerprint density at radius 2 is 1.84 bits per heavy atom. The molecule has 0 saturated carbocycles. The zero-order valence-corrected chi connectivity index (χ0v) is 22.2. The fraction of sp³-hybridized carbons (Fsp3) is 0.500. The highest BCUT2D eigenvalue weighted by molar-refractivity contribution is 5.99. The number of pyridine rings is 1. The van der Waals surface area contributed by atoms with Gasteiger partial charge in [-0.15, -0.1) is 0 Å². The molecule has 3 rings (SSSR count). The molecule has 1 atom stereocenters. The van der Waals surface area contributed by atoms with E-state index in [-0.39, 0.29) is 29.7 Å². The van der Waals surface area contributed by atoms with Crippen LogP contribution in [0.15, 0.2) is 47.4 Å². The van der Waals surface area contributed by atoms with Crippen molar-refractivity contribution in [1.29, 1.82) is 0 Å². The molecule has 200 valence electrons. The summed E-state index contributed by atoms with van der Waals surface area (Å²) in [5.41, 5.74) is 0.0955. The summed E-state index contributed by atoms with van der Waals surface area (Å²) >= 11 is 0. The number of aromatic nitrogens is 1. The number of nitrogens with one attached hydrogen (secondary N) is 2. The minimum atomic E-state index is -0.534. The number of rotatable bonds is 8. The predicted octanol–water partition coefficient (Wildman–Crippen LogP) is 3.41. The molecule has 1 fully saturated rings. The minimum Gasteiger partial charge on any atom is -0.444 e. The lowest BCUT2D eigenvalue weighted by Crippen LogP contribution is -2.43. The number of benzene rings is 1. The molecular weight excluding hydrogens is 472 g/mol. The number of likely N-dealkylation sites (tertiary alicyclic amines) is 1. The van der Waals surface area contributed by atoms with Crippen molar-refractivity contribution in [2.45, 2.75) is 58.6 Å². The monoisotopic (exact) mass is 510 g/mol. The maximum absolute atomic E-state index is 12.9. The Morgan fingerprint density at radius 3 is 2.51 bits per heavy atom. The molecule has 1 saturated heterocycles. The van der Waals surface area contributed by atoms with E-state index in [4.69, 9.17) is 4.74 Å². The number of carbonyl (C=O) groups excluding carboxylic acids is 3. The van der Waals surface area contributed by atoms with Crippen LogP contribution in [0.4, 0.5) is 4.79 Å². The fourth-order valence-electron chi connectivity index (χ4n) is 4.44. The predicted molar refractivity (Wildman–Crippen MR) is 142 cm³/mol. The third kappa shape index (κ3) is 8.20. The smallest absolute Gasteiger partial charge is 0.410 e. The average molecular weight is 511 g/mol. The summed E-state index contributed by atoms with van der Waals surface area (Å²) in [5, 5.41) is 5.38. The number of hydrogen-bond donors (Lipinski definition) is 2. The maximum Gasteiger partial charge on any atom is 0.410 e. The molecule has 1 aliphatic heterocycles. The fourth-order valence-corrected chi connectivity index (χ4v) is 4.44. The van der Waals surface area contributed by atoms with Gasteiger partial charge in [-0.3, -0.25) is 14.4 Å². The highest BCUT2D eigenvalue weighted by atomic mass is 16.6. The Balaban J connectivity index is 1.59. The molecular formula is C28H38N4O5. The van der Waals surface area contributed by atoms with Crippen LogP contribution in [0.2, 0.25) is 0 Å². The first kappa shape index (κ1) is 28.0. The Bertz CT molecular complexity index is 1150. The molecule has 3 amide bonds. The number of amides is 3. The molecule has 9 heteroatoms. The van der Waals surface area contributed by atoms with Gasteiger partial charge in [0, 0.05) is 32.9 Å². The standard InChI is InChI=1S/C28H38N4O5/c1-28(2,3)37-27(36)31-15-9-13-21(17-31)12-8-14-30-24(33)22-16-23(25(34)29-4)26(35)32(19-22)18-20-10-6-5-7-11-20/h5-7,10-11,16,19,21H,8-9,12-15,17-18H2,1-4H3,(H,29,34)(H,30,33). The zero-order valence-electron chi connectivity index (χ0n) is 22.2. The van der Waals surface area contributed by atoms with Gasteiger partial charge in [0.15, 0.2) is 0 Å². The van der Waals surface area contributed by atoms with E-state index in [9.17, 15) is 19.2 Å². The lowest BCUT2D eigenvalue weighted by Gasteiger charge is -2.34.